The maximum absolute atomic E-state index is 13.6. The fraction of sp³-hybridized carbons (Fsp3) is 0.571. The molecule has 1 saturated carbocycles. The second-order valence-electron chi connectivity index (χ2n) is 5.26. The van der Waals surface area contributed by atoms with Gasteiger partial charge in [-0.2, -0.15) is 0 Å². The zero-order chi connectivity index (χ0) is 13.1. The molecule has 0 amide bonds. The van der Waals surface area contributed by atoms with Crippen LogP contribution in [0.2, 0.25) is 0 Å². The van der Waals surface area contributed by atoms with Crippen LogP contribution in [0.1, 0.15) is 32.6 Å². The van der Waals surface area contributed by atoms with Crippen LogP contribution in [0, 0.1) is 23.5 Å². The molecule has 100 valence electrons. The van der Waals surface area contributed by atoms with Gasteiger partial charge in [-0.25, -0.2) is 8.78 Å². The van der Waals surface area contributed by atoms with Crippen LogP contribution in [0.4, 0.5) is 14.5 Å². The highest BCUT2D eigenvalue weighted by molar-refractivity contribution is 9.10. The van der Waals surface area contributed by atoms with Crippen LogP contribution in [0.3, 0.4) is 0 Å². The summed E-state index contributed by atoms with van der Waals surface area (Å²) >= 11 is 3.07. The third kappa shape index (κ3) is 3.44. The molecule has 0 heterocycles. The summed E-state index contributed by atoms with van der Waals surface area (Å²) in [6.07, 6.45) is 4.79. The first-order valence-electron chi connectivity index (χ1n) is 6.44. The van der Waals surface area contributed by atoms with Crippen molar-refractivity contribution in [1.82, 2.24) is 0 Å². The van der Waals surface area contributed by atoms with Crippen molar-refractivity contribution < 1.29 is 8.78 Å². The third-order valence-electron chi connectivity index (χ3n) is 3.62. The summed E-state index contributed by atoms with van der Waals surface area (Å²) in [6.45, 7) is 2.90. The SMILES string of the molecule is CC1CCCC(CNc2c(F)cc(Br)cc2F)C1. The maximum Gasteiger partial charge on any atom is 0.150 e. The Hall–Kier alpha value is -0.640. The fourth-order valence-electron chi connectivity index (χ4n) is 2.70. The van der Waals surface area contributed by atoms with E-state index in [2.05, 4.69) is 28.2 Å². The minimum Gasteiger partial charge on any atom is -0.380 e. The first kappa shape index (κ1) is 13.8. The predicted octanol–water partition coefficient (Wildman–Crippen LogP) is 4.97. The van der Waals surface area contributed by atoms with E-state index >= 15 is 0 Å². The molecule has 1 aromatic rings. The van der Waals surface area contributed by atoms with Gasteiger partial charge in [0.25, 0.3) is 0 Å². The van der Waals surface area contributed by atoms with Gasteiger partial charge in [-0.15, -0.1) is 0 Å². The summed E-state index contributed by atoms with van der Waals surface area (Å²) in [5.41, 5.74) is -0.00331. The minimum absolute atomic E-state index is 0.00331. The topological polar surface area (TPSA) is 12.0 Å². The van der Waals surface area contributed by atoms with Crippen LogP contribution in [-0.4, -0.2) is 6.54 Å². The predicted molar refractivity (Wildman–Crippen MR) is 73.7 cm³/mol. The van der Waals surface area contributed by atoms with Gasteiger partial charge in [0.1, 0.15) is 17.3 Å². The number of hydrogen-bond donors (Lipinski definition) is 1. The van der Waals surface area contributed by atoms with Gasteiger partial charge in [-0.1, -0.05) is 35.7 Å². The summed E-state index contributed by atoms with van der Waals surface area (Å²) in [4.78, 5) is 0. The van der Waals surface area contributed by atoms with Crippen molar-refractivity contribution in [3.05, 3.63) is 28.2 Å². The quantitative estimate of drug-likeness (QED) is 0.830. The Morgan fingerprint density at radius 2 is 1.94 bits per heavy atom. The molecule has 0 aromatic heterocycles. The summed E-state index contributed by atoms with van der Waals surface area (Å²) < 4.78 is 27.6. The van der Waals surface area contributed by atoms with Crippen molar-refractivity contribution in [3.63, 3.8) is 0 Å². The normalized spacial score (nSPS) is 24.0. The fourth-order valence-corrected chi connectivity index (χ4v) is 3.10. The molecule has 1 N–H and O–H groups in total. The van der Waals surface area contributed by atoms with Gasteiger partial charge in [-0.3, -0.25) is 0 Å². The highest BCUT2D eigenvalue weighted by atomic mass is 79.9. The lowest BCUT2D eigenvalue weighted by molar-refractivity contribution is 0.293. The number of benzene rings is 1. The Morgan fingerprint density at radius 1 is 1.28 bits per heavy atom. The third-order valence-corrected chi connectivity index (χ3v) is 4.08. The second kappa shape index (κ2) is 6.00. The summed E-state index contributed by atoms with van der Waals surface area (Å²) in [6, 6.07) is 2.57. The lowest BCUT2D eigenvalue weighted by Gasteiger charge is -2.27. The molecule has 1 aliphatic carbocycles. The van der Waals surface area contributed by atoms with Gasteiger partial charge in [0.15, 0.2) is 0 Å². The highest BCUT2D eigenvalue weighted by Crippen LogP contribution is 2.30. The molecule has 1 nitrogen and oxygen atoms in total. The van der Waals surface area contributed by atoms with Crippen LogP contribution >= 0.6 is 15.9 Å². The molecule has 0 radical (unpaired) electrons. The van der Waals surface area contributed by atoms with Crippen molar-refractivity contribution in [1.29, 1.82) is 0 Å². The van der Waals surface area contributed by atoms with E-state index in [-0.39, 0.29) is 5.69 Å². The average molecular weight is 318 g/mol. The average Bonchev–Trinajstić information content (AvgIpc) is 2.27. The number of halogens is 3. The number of hydrogen-bond acceptors (Lipinski definition) is 1. The Balaban J connectivity index is 1.97. The van der Waals surface area contributed by atoms with E-state index in [1.807, 2.05) is 0 Å². The van der Waals surface area contributed by atoms with Crippen LogP contribution in [0.15, 0.2) is 16.6 Å². The van der Waals surface area contributed by atoms with Crippen molar-refractivity contribution in [3.8, 4) is 0 Å². The zero-order valence-corrected chi connectivity index (χ0v) is 12.1. The smallest absolute Gasteiger partial charge is 0.150 e. The molecule has 1 fully saturated rings. The molecular weight excluding hydrogens is 300 g/mol. The Morgan fingerprint density at radius 3 is 2.56 bits per heavy atom. The second-order valence-corrected chi connectivity index (χ2v) is 6.18. The van der Waals surface area contributed by atoms with Crippen molar-refractivity contribution in [2.24, 2.45) is 11.8 Å². The largest absolute Gasteiger partial charge is 0.380 e. The monoisotopic (exact) mass is 317 g/mol. The van der Waals surface area contributed by atoms with Crippen molar-refractivity contribution >= 4 is 21.6 Å². The molecule has 1 aliphatic rings. The maximum atomic E-state index is 13.6. The van der Waals surface area contributed by atoms with E-state index < -0.39 is 11.6 Å². The van der Waals surface area contributed by atoms with Crippen molar-refractivity contribution in [2.45, 2.75) is 32.6 Å². The Kier molecular flexibility index (Phi) is 4.60. The van der Waals surface area contributed by atoms with E-state index in [1.54, 1.807) is 0 Å². The standard InChI is InChI=1S/C14H18BrF2N/c1-9-3-2-4-10(5-9)8-18-14-12(16)6-11(15)7-13(14)17/h6-7,9-10,18H,2-5,8H2,1H3. The van der Waals surface area contributed by atoms with Crippen LogP contribution < -0.4 is 5.32 Å². The zero-order valence-electron chi connectivity index (χ0n) is 10.5. The van der Waals surface area contributed by atoms with Gasteiger partial charge in [0, 0.05) is 11.0 Å². The lowest BCUT2D eigenvalue weighted by atomic mass is 9.82. The number of anilines is 1. The number of rotatable bonds is 3. The van der Waals surface area contributed by atoms with E-state index in [0.717, 1.165) is 18.8 Å². The van der Waals surface area contributed by atoms with E-state index in [9.17, 15) is 8.78 Å². The van der Waals surface area contributed by atoms with Gasteiger partial charge in [0.05, 0.1) is 0 Å². The number of nitrogens with one attached hydrogen (secondary N) is 1. The molecular formula is C14H18BrF2N. The first-order chi connectivity index (χ1) is 8.56. The molecule has 0 aliphatic heterocycles. The molecule has 0 spiro atoms. The van der Waals surface area contributed by atoms with E-state index in [0.29, 0.717) is 16.9 Å². The molecule has 0 saturated heterocycles. The van der Waals surface area contributed by atoms with Crippen molar-refractivity contribution in [2.75, 3.05) is 11.9 Å². The highest BCUT2D eigenvalue weighted by Gasteiger charge is 2.19. The van der Waals surface area contributed by atoms with Gasteiger partial charge < -0.3 is 5.32 Å². The van der Waals surface area contributed by atoms with Crippen LogP contribution in [0.25, 0.3) is 0 Å². The lowest BCUT2D eigenvalue weighted by Crippen LogP contribution is -2.21. The summed E-state index contributed by atoms with van der Waals surface area (Å²) in [7, 11) is 0. The minimum atomic E-state index is -0.536. The van der Waals surface area contributed by atoms with E-state index in [1.165, 1.54) is 25.0 Å². The molecule has 0 bridgehead atoms. The molecule has 2 unspecified atom stereocenters. The van der Waals surface area contributed by atoms with Gasteiger partial charge >= 0.3 is 0 Å². The van der Waals surface area contributed by atoms with E-state index in [4.69, 9.17) is 0 Å². The summed E-state index contributed by atoms with van der Waals surface area (Å²) in [5.74, 6) is 0.179. The Bertz CT molecular complexity index is 399. The molecule has 2 atom stereocenters. The molecule has 18 heavy (non-hydrogen) atoms. The molecule has 4 heteroatoms. The Labute approximate surface area is 115 Å². The van der Waals surface area contributed by atoms with Crippen LogP contribution in [-0.2, 0) is 0 Å². The van der Waals surface area contributed by atoms with Crippen LogP contribution in [0.5, 0.6) is 0 Å². The first-order valence-corrected chi connectivity index (χ1v) is 7.24. The molecule has 2 rings (SSSR count). The van der Waals surface area contributed by atoms with Gasteiger partial charge in [-0.05, 0) is 36.8 Å². The van der Waals surface area contributed by atoms with Gasteiger partial charge in [0.2, 0.25) is 0 Å². The summed E-state index contributed by atoms with van der Waals surface area (Å²) in [5, 5.41) is 2.93. The molecule has 1 aromatic carbocycles.